The van der Waals surface area contributed by atoms with Crippen LogP contribution in [0.15, 0.2) is 53.4 Å². The number of phenolic OH excluding ortho intramolecular Hbond substituents is 1. The van der Waals surface area contributed by atoms with Crippen molar-refractivity contribution in [2.45, 2.75) is 4.90 Å². The third-order valence-corrected chi connectivity index (χ3v) is 4.25. The molecule has 0 aliphatic heterocycles. The first-order valence-corrected chi connectivity index (χ1v) is 7.61. The van der Waals surface area contributed by atoms with Gasteiger partial charge >= 0.3 is 0 Å². The zero-order valence-electron chi connectivity index (χ0n) is 9.17. The zero-order valence-corrected chi connectivity index (χ0v) is 12.1. The highest BCUT2D eigenvalue weighted by atomic mass is 127. The van der Waals surface area contributed by atoms with Crippen LogP contribution < -0.4 is 4.72 Å². The van der Waals surface area contributed by atoms with Crippen molar-refractivity contribution in [3.8, 4) is 5.75 Å². The second-order valence-electron chi connectivity index (χ2n) is 3.61. The van der Waals surface area contributed by atoms with Crippen molar-refractivity contribution in [3.05, 3.63) is 52.1 Å². The molecule has 0 radical (unpaired) electrons. The van der Waals surface area contributed by atoms with Crippen molar-refractivity contribution in [1.29, 1.82) is 0 Å². The van der Waals surface area contributed by atoms with Crippen molar-refractivity contribution < 1.29 is 13.5 Å². The number of sulfonamides is 1. The lowest BCUT2D eigenvalue weighted by Crippen LogP contribution is -2.12. The number of benzene rings is 2. The maximum Gasteiger partial charge on any atom is 0.262 e. The van der Waals surface area contributed by atoms with Gasteiger partial charge in [-0.2, -0.15) is 0 Å². The number of halogens is 1. The number of rotatable bonds is 3. The smallest absolute Gasteiger partial charge is 0.262 e. The Morgan fingerprint density at radius 3 is 2.44 bits per heavy atom. The van der Waals surface area contributed by atoms with E-state index in [0.29, 0.717) is 5.69 Å². The van der Waals surface area contributed by atoms with E-state index in [1.807, 2.05) is 6.07 Å². The Kier molecular flexibility index (Phi) is 3.76. The van der Waals surface area contributed by atoms with Gasteiger partial charge in [-0.05, 0) is 52.9 Å². The molecular formula is C12H10INO3S. The third-order valence-electron chi connectivity index (χ3n) is 2.20. The van der Waals surface area contributed by atoms with Gasteiger partial charge in [0.1, 0.15) is 5.75 Å². The van der Waals surface area contributed by atoms with E-state index < -0.39 is 10.0 Å². The summed E-state index contributed by atoms with van der Waals surface area (Å²) in [5, 5.41) is 9.29. The Bertz CT molecular complexity index is 671. The van der Waals surface area contributed by atoms with E-state index >= 15 is 0 Å². The van der Waals surface area contributed by atoms with Crippen molar-refractivity contribution >= 4 is 38.3 Å². The van der Waals surface area contributed by atoms with E-state index in [1.54, 1.807) is 18.2 Å². The molecule has 0 atom stereocenters. The number of nitrogens with one attached hydrogen (secondary N) is 1. The molecule has 0 unspecified atom stereocenters. The molecule has 6 heteroatoms. The minimum atomic E-state index is -3.67. The number of phenols is 1. The zero-order chi connectivity index (χ0) is 13.2. The molecule has 0 spiro atoms. The molecule has 18 heavy (non-hydrogen) atoms. The van der Waals surface area contributed by atoms with Crippen LogP contribution in [0.1, 0.15) is 0 Å². The van der Waals surface area contributed by atoms with Crippen LogP contribution in [0.4, 0.5) is 5.69 Å². The summed E-state index contributed by atoms with van der Waals surface area (Å²) in [5.41, 5.74) is 0.491. The SMILES string of the molecule is O=S(=O)(Nc1cccc(I)c1)c1cccc(O)c1. The molecule has 2 aromatic carbocycles. The Morgan fingerprint density at radius 1 is 1.06 bits per heavy atom. The van der Waals surface area contributed by atoms with Gasteiger partial charge in [0.2, 0.25) is 0 Å². The Labute approximate surface area is 119 Å². The van der Waals surface area contributed by atoms with Gasteiger partial charge in [0.05, 0.1) is 4.90 Å². The second kappa shape index (κ2) is 5.15. The highest BCUT2D eigenvalue weighted by molar-refractivity contribution is 14.1. The molecule has 2 aromatic rings. The molecule has 94 valence electrons. The maximum absolute atomic E-state index is 12.0. The molecule has 0 heterocycles. The summed E-state index contributed by atoms with van der Waals surface area (Å²) in [6.07, 6.45) is 0. The lowest BCUT2D eigenvalue weighted by Gasteiger charge is -2.08. The largest absolute Gasteiger partial charge is 0.508 e. The van der Waals surface area contributed by atoms with Crippen LogP contribution in [-0.4, -0.2) is 13.5 Å². The molecule has 0 saturated heterocycles. The fraction of sp³-hybridized carbons (Fsp3) is 0. The minimum Gasteiger partial charge on any atom is -0.508 e. The first kappa shape index (κ1) is 13.2. The molecule has 0 bridgehead atoms. The lowest BCUT2D eigenvalue weighted by atomic mass is 10.3. The molecular weight excluding hydrogens is 365 g/mol. The van der Waals surface area contributed by atoms with E-state index in [1.165, 1.54) is 24.3 Å². The van der Waals surface area contributed by atoms with Gasteiger partial charge < -0.3 is 5.11 Å². The average Bonchev–Trinajstić information content (AvgIpc) is 2.28. The van der Waals surface area contributed by atoms with Gasteiger partial charge in [-0.3, -0.25) is 4.72 Å². The molecule has 0 saturated carbocycles. The van der Waals surface area contributed by atoms with Crippen molar-refractivity contribution in [1.82, 2.24) is 0 Å². The molecule has 0 aromatic heterocycles. The summed E-state index contributed by atoms with van der Waals surface area (Å²) in [7, 11) is -3.67. The molecule has 4 nitrogen and oxygen atoms in total. The summed E-state index contributed by atoms with van der Waals surface area (Å²) in [6.45, 7) is 0. The number of hydrogen-bond donors (Lipinski definition) is 2. The normalized spacial score (nSPS) is 11.2. The second-order valence-corrected chi connectivity index (χ2v) is 6.54. The van der Waals surface area contributed by atoms with E-state index in [2.05, 4.69) is 27.3 Å². The Morgan fingerprint density at radius 2 is 1.78 bits per heavy atom. The topological polar surface area (TPSA) is 66.4 Å². The van der Waals surface area contributed by atoms with Gasteiger partial charge in [-0.1, -0.05) is 12.1 Å². The van der Waals surface area contributed by atoms with Crippen LogP contribution in [0.2, 0.25) is 0 Å². The van der Waals surface area contributed by atoms with Crippen molar-refractivity contribution in [2.24, 2.45) is 0 Å². The van der Waals surface area contributed by atoms with Gasteiger partial charge in [0.25, 0.3) is 10.0 Å². The Balaban J connectivity index is 2.33. The van der Waals surface area contributed by atoms with Gasteiger partial charge in [0, 0.05) is 15.3 Å². The summed E-state index contributed by atoms with van der Waals surface area (Å²) in [5.74, 6) is -0.0829. The molecule has 0 aliphatic rings. The van der Waals surface area contributed by atoms with Crippen LogP contribution in [0.5, 0.6) is 5.75 Å². The summed E-state index contributed by atoms with van der Waals surface area (Å²) < 4.78 is 27.5. The number of anilines is 1. The van der Waals surface area contributed by atoms with E-state index in [9.17, 15) is 13.5 Å². The molecule has 2 rings (SSSR count). The van der Waals surface area contributed by atoms with Crippen LogP contribution in [0, 0.1) is 3.57 Å². The predicted molar refractivity (Wildman–Crippen MR) is 78.1 cm³/mol. The van der Waals surface area contributed by atoms with Crippen LogP contribution >= 0.6 is 22.6 Å². The van der Waals surface area contributed by atoms with Crippen LogP contribution in [0.25, 0.3) is 0 Å². The van der Waals surface area contributed by atoms with E-state index in [0.717, 1.165) is 3.57 Å². The van der Waals surface area contributed by atoms with Crippen LogP contribution in [0.3, 0.4) is 0 Å². The molecule has 0 fully saturated rings. The highest BCUT2D eigenvalue weighted by Gasteiger charge is 2.14. The predicted octanol–water partition coefficient (Wildman–Crippen LogP) is 2.80. The van der Waals surface area contributed by atoms with Gasteiger partial charge in [-0.25, -0.2) is 8.42 Å². The average molecular weight is 375 g/mol. The Hall–Kier alpha value is -1.28. The fourth-order valence-electron chi connectivity index (χ4n) is 1.42. The maximum atomic E-state index is 12.0. The summed E-state index contributed by atoms with van der Waals surface area (Å²) in [4.78, 5) is 0.0290. The summed E-state index contributed by atoms with van der Waals surface area (Å²) >= 11 is 2.10. The summed E-state index contributed by atoms with van der Waals surface area (Å²) in [6, 6.07) is 12.6. The van der Waals surface area contributed by atoms with E-state index in [4.69, 9.17) is 0 Å². The first-order chi connectivity index (χ1) is 8.47. The number of aromatic hydroxyl groups is 1. The van der Waals surface area contributed by atoms with Gasteiger partial charge in [0.15, 0.2) is 0 Å². The van der Waals surface area contributed by atoms with E-state index in [-0.39, 0.29) is 10.6 Å². The van der Waals surface area contributed by atoms with Crippen molar-refractivity contribution in [3.63, 3.8) is 0 Å². The minimum absolute atomic E-state index is 0.0290. The molecule has 2 N–H and O–H groups in total. The highest BCUT2D eigenvalue weighted by Crippen LogP contribution is 2.20. The lowest BCUT2D eigenvalue weighted by molar-refractivity contribution is 0.473. The van der Waals surface area contributed by atoms with Crippen LogP contribution in [-0.2, 0) is 10.0 Å². The quantitative estimate of drug-likeness (QED) is 0.811. The molecule has 0 aliphatic carbocycles. The van der Waals surface area contributed by atoms with Gasteiger partial charge in [-0.15, -0.1) is 0 Å². The molecule has 0 amide bonds. The van der Waals surface area contributed by atoms with Crippen molar-refractivity contribution in [2.75, 3.05) is 4.72 Å². The fourth-order valence-corrected chi connectivity index (χ4v) is 3.05. The third kappa shape index (κ3) is 3.14. The first-order valence-electron chi connectivity index (χ1n) is 5.05. The standard InChI is InChI=1S/C12H10INO3S/c13-9-3-1-4-10(7-9)14-18(16,17)12-6-2-5-11(15)8-12/h1-8,14-15H. The number of hydrogen-bond acceptors (Lipinski definition) is 3. The monoisotopic (exact) mass is 375 g/mol.